The van der Waals surface area contributed by atoms with Crippen molar-refractivity contribution in [3.8, 4) is 5.75 Å². The molecule has 0 heterocycles. The Kier molecular flexibility index (Phi) is 6.19. The molecule has 0 aliphatic rings. The Balaban J connectivity index is 2.94. The van der Waals surface area contributed by atoms with Crippen molar-refractivity contribution in [3.63, 3.8) is 0 Å². The molecule has 1 aromatic carbocycles. The van der Waals surface area contributed by atoms with Gasteiger partial charge in [0.05, 0.1) is 12.2 Å². The van der Waals surface area contributed by atoms with E-state index in [1.807, 2.05) is 25.2 Å². The summed E-state index contributed by atoms with van der Waals surface area (Å²) in [6.45, 7) is 5.08. The molecule has 1 atom stereocenters. The SMILES string of the molecule is CCCC(C)COc1cccc(NC)c1C(N)=NC. The Morgan fingerprint density at radius 3 is 2.79 bits per heavy atom. The van der Waals surface area contributed by atoms with Gasteiger partial charge in [-0.3, -0.25) is 4.99 Å². The summed E-state index contributed by atoms with van der Waals surface area (Å²) in [5.41, 5.74) is 7.74. The quantitative estimate of drug-likeness (QED) is 0.587. The summed E-state index contributed by atoms with van der Waals surface area (Å²) in [7, 11) is 3.55. The summed E-state index contributed by atoms with van der Waals surface area (Å²) in [5, 5.41) is 3.12. The monoisotopic (exact) mass is 263 g/mol. The molecule has 4 heteroatoms. The van der Waals surface area contributed by atoms with Crippen LogP contribution in [0.3, 0.4) is 0 Å². The fourth-order valence-electron chi connectivity index (χ4n) is 2.04. The lowest BCUT2D eigenvalue weighted by atomic mass is 10.1. The fourth-order valence-corrected chi connectivity index (χ4v) is 2.04. The van der Waals surface area contributed by atoms with Gasteiger partial charge in [-0.25, -0.2) is 0 Å². The number of ether oxygens (including phenoxy) is 1. The third-order valence-electron chi connectivity index (χ3n) is 3.10. The van der Waals surface area contributed by atoms with Crippen molar-refractivity contribution in [1.82, 2.24) is 0 Å². The molecule has 1 unspecified atom stereocenters. The average Bonchev–Trinajstić information content (AvgIpc) is 2.44. The van der Waals surface area contributed by atoms with Gasteiger partial charge in [-0.2, -0.15) is 0 Å². The molecule has 0 aliphatic carbocycles. The largest absolute Gasteiger partial charge is 0.492 e. The number of hydrogen-bond donors (Lipinski definition) is 2. The van der Waals surface area contributed by atoms with Crippen LogP contribution >= 0.6 is 0 Å². The molecule has 0 spiro atoms. The smallest absolute Gasteiger partial charge is 0.132 e. The number of nitrogens with zero attached hydrogens (tertiary/aromatic N) is 1. The van der Waals surface area contributed by atoms with Crippen LogP contribution in [-0.4, -0.2) is 26.5 Å². The highest BCUT2D eigenvalue weighted by molar-refractivity contribution is 6.04. The number of anilines is 1. The van der Waals surface area contributed by atoms with Gasteiger partial charge in [0.1, 0.15) is 11.6 Å². The lowest BCUT2D eigenvalue weighted by Crippen LogP contribution is -2.18. The lowest BCUT2D eigenvalue weighted by Gasteiger charge is -2.17. The number of amidine groups is 1. The third-order valence-corrected chi connectivity index (χ3v) is 3.10. The fraction of sp³-hybridized carbons (Fsp3) is 0.533. The number of hydrogen-bond acceptors (Lipinski definition) is 3. The zero-order valence-electron chi connectivity index (χ0n) is 12.4. The van der Waals surface area contributed by atoms with Crippen molar-refractivity contribution in [1.29, 1.82) is 0 Å². The van der Waals surface area contributed by atoms with Crippen LogP contribution in [0.2, 0.25) is 0 Å². The number of rotatable bonds is 7. The molecule has 4 nitrogen and oxygen atoms in total. The maximum absolute atomic E-state index is 5.97. The first kappa shape index (κ1) is 15.3. The Morgan fingerprint density at radius 1 is 1.47 bits per heavy atom. The van der Waals surface area contributed by atoms with Crippen LogP contribution in [-0.2, 0) is 0 Å². The maximum Gasteiger partial charge on any atom is 0.132 e. The van der Waals surface area contributed by atoms with Crippen LogP contribution < -0.4 is 15.8 Å². The molecule has 1 rings (SSSR count). The Hall–Kier alpha value is -1.71. The predicted molar refractivity (Wildman–Crippen MR) is 82.2 cm³/mol. The summed E-state index contributed by atoms with van der Waals surface area (Å²) in [5.74, 6) is 1.82. The molecule has 3 N–H and O–H groups in total. The van der Waals surface area contributed by atoms with Crippen LogP contribution in [0.1, 0.15) is 32.3 Å². The van der Waals surface area contributed by atoms with Gasteiger partial charge in [0.25, 0.3) is 0 Å². The van der Waals surface area contributed by atoms with E-state index in [0.29, 0.717) is 18.4 Å². The van der Waals surface area contributed by atoms with E-state index in [0.717, 1.165) is 17.0 Å². The molecule has 106 valence electrons. The molecule has 0 aromatic heterocycles. The average molecular weight is 263 g/mol. The number of aliphatic imine (C=N–C) groups is 1. The first-order valence-electron chi connectivity index (χ1n) is 6.80. The van der Waals surface area contributed by atoms with Crippen molar-refractivity contribution in [2.75, 3.05) is 26.0 Å². The molecule has 1 aromatic rings. The standard InChI is InChI=1S/C15H25N3O/c1-5-7-11(2)10-19-13-9-6-8-12(17-3)14(13)15(16)18-4/h6,8-9,11,17H,5,7,10H2,1-4H3,(H2,16,18). The highest BCUT2D eigenvalue weighted by atomic mass is 16.5. The molecule has 0 fully saturated rings. The predicted octanol–water partition coefficient (Wildman–Crippen LogP) is 2.88. The van der Waals surface area contributed by atoms with E-state index >= 15 is 0 Å². The molecule has 19 heavy (non-hydrogen) atoms. The van der Waals surface area contributed by atoms with E-state index < -0.39 is 0 Å². The van der Waals surface area contributed by atoms with Crippen LogP contribution in [0.25, 0.3) is 0 Å². The molecular formula is C15H25N3O. The first-order chi connectivity index (χ1) is 9.13. The Labute approximate surface area is 116 Å². The Morgan fingerprint density at radius 2 is 2.21 bits per heavy atom. The molecule has 0 bridgehead atoms. The van der Waals surface area contributed by atoms with Crippen molar-refractivity contribution in [3.05, 3.63) is 23.8 Å². The topological polar surface area (TPSA) is 59.6 Å². The van der Waals surface area contributed by atoms with Crippen LogP contribution in [0.5, 0.6) is 5.75 Å². The summed E-state index contributed by atoms with van der Waals surface area (Å²) in [6.07, 6.45) is 2.34. The van der Waals surface area contributed by atoms with E-state index in [2.05, 4.69) is 24.2 Å². The zero-order valence-corrected chi connectivity index (χ0v) is 12.4. The zero-order chi connectivity index (χ0) is 14.3. The van der Waals surface area contributed by atoms with E-state index in [9.17, 15) is 0 Å². The number of nitrogens with two attached hydrogens (primary N) is 1. The lowest BCUT2D eigenvalue weighted by molar-refractivity contribution is 0.251. The van der Waals surface area contributed by atoms with E-state index in [4.69, 9.17) is 10.5 Å². The van der Waals surface area contributed by atoms with Gasteiger partial charge in [-0.15, -0.1) is 0 Å². The number of nitrogens with one attached hydrogen (secondary N) is 1. The molecule has 0 amide bonds. The molecule has 0 aliphatic heterocycles. The molecule has 0 radical (unpaired) electrons. The van der Waals surface area contributed by atoms with Crippen LogP contribution in [0, 0.1) is 5.92 Å². The Bertz CT molecular complexity index is 429. The van der Waals surface area contributed by atoms with Gasteiger partial charge in [0.2, 0.25) is 0 Å². The minimum atomic E-state index is 0.489. The van der Waals surface area contributed by atoms with E-state index in [1.165, 1.54) is 12.8 Å². The van der Waals surface area contributed by atoms with Gasteiger partial charge >= 0.3 is 0 Å². The van der Waals surface area contributed by atoms with Crippen LogP contribution in [0.4, 0.5) is 5.69 Å². The van der Waals surface area contributed by atoms with Gasteiger partial charge in [0, 0.05) is 19.8 Å². The minimum absolute atomic E-state index is 0.489. The second-order valence-corrected chi connectivity index (χ2v) is 4.74. The van der Waals surface area contributed by atoms with Crippen molar-refractivity contribution in [2.24, 2.45) is 16.6 Å². The minimum Gasteiger partial charge on any atom is -0.492 e. The molecule has 0 saturated heterocycles. The van der Waals surface area contributed by atoms with Gasteiger partial charge < -0.3 is 15.8 Å². The summed E-state index contributed by atoms with van der Waals surface area (Å²) in [4.78, 5) is 4.07. The third kappa shape index (κ3) is 4.16. The second kappa shape index (κ2) is 7.67. The highest BCUT2D eigenvalue weighted by Gasteiger charge is 2.13. The van der Waals surface area contributed by atoms with Crippen LogP contribution in [0.15, 0.2) is 23.2 Å². The van der Waals surface area contributed by atoms with E-state index in [1.54, 1.807) is 7.05 Å². The molecular weight excluding hydrogens is 238 g/mol. The maximum atomic E-state index is 5.97. The number of benzene rings is 1. The first-order valence-corrected chi connectivity index (χ1v) is 6.80. The summed E-state index contributed by atoms with van der Waals surface area (Å²) >= 11 is 0. The normalized spacial score (nSPS) is 13.2. The summed E-state index contributed by atoms with van der Waals surface area (Å²) < 4.78 is 5.92. The molecule has 0 saturated carbocycles. The second-order valence-electron chi connectivity index (χ2n) is 4.74. The van der Waals surface area contributed by atoms with Gasteiger partial charge in [-0.05, 0) is 24.5 Å². The van der Waals surface area contributed by atoms with Gasteiger partial charge in [-0.1, -0.05) is 26.3 Å². The van der Waals surface area contributed by atoms with E-state index in [-0.39, 0.29) is 0 Å². The van der Waals surface area contributed by atoms with Crippen molar-refractivity contribution >= 4 is 11.5 Å². The summed E-state index contributed by atoms with van der Waals surface area (Å²) in [6, 6.07) is 5.86. The van der Waals surface area contributed by atoms with Crippen molar-refractivity contribution < 1.29 is 4.74 Å². The highest BCUT2D eigenvalue weighted by Crippen LogP contribution is 2.26. The van der Waals surface area contributed by atoms with Crippen molar-refractivity contribution in [2.45, 2.75) is 26.7 Å². The van der Waals surface area contributed by atoms with Gasteiger partial charge in [0.15, 0.2) is 0 Å².